The van der Waals surface area contributed by atoms with Gasteiger partial charge < -0.3 is 30.2 Å². The topological polar surface area (TPSA) is 143 Å². The third-order valence-corrected chi connectivity index (χ3v) is 4.38. The lowest BCUT2D eigenvalue weighted by molar-refractivity contribution is -0.139. The lowest BCUT2D eigenvalue weighted by Gasteiger charge is -2.14. The average Bonchev–Trinajstić information content (AvgIpc) is 3.31. The molecule has 1 aromatic carbocycles. The first-order valence-corrected chi connectivity index (χ1v) is 8.96. The smallest absolute Gasteiger partial charge is 0.414 e. The van der Waals surface area contributed by atoms with Gasteiger partial charge >= 0.3 is 12.1 Å². The van der Waals surface area contributed by atoms with E-state index >= 15 is 0 Å². The summed E-state index contributed by atoms with van der Waals surface area (Å²) in [6.07, 6.45) is 2.51. The van der Waals surface area contributed by atoms with E-state index in [2.05, 4.69) is 15.0 Å². The lowest BCUT2D eigenvalue weighted by atomic mass is 10.2. The van der Waals surface area contributed by atoms with Crippen molar-refractivity contribution in [2.45, 2.75) is 19.1 Å². The van der Waals surface area contributed by atoms with Gasteiger partial charge in [-0.05, 0) is 17.7 Å². The van der Waals surface area contributed by atoms with E-state index in [1.165, 1.54) is 12.0 Å². The number of carbonyl (C=O) groups excluding carboxylic acids is 2. The minimum Gasteiger partial charge on any atom is -0.488 e. The van der Waals surface area contributed by atoms with Crippen LogP contribution in [0.2, 0.25) is 0 Å². The highest BCUT2D eigenvalue weighted by Gasteiger charge is 2.33. The highest BCUT2D eigenvalue weighted by atomic mass is 16.6. The molecule has 10 heteroatoms. The first kappa shape index (κ1) is 20.1. The maximum absolute atomic E-state index is 12.2. The predicted molar refractivity (Wildman–Crippen MR) is 105 cm³/mol. The molecule has 2 aromatic rings. The Labute approximate surface area is 167 Å². The summed E-state index contributed by atoms with van der Waals surface area (Å²) in [5.74, 6) is 0.0549. The van der Waals surface area contributed by atoms with Gasteiger partial charge in [0.2, 0.25) is 0 Å². The molecule has 3 rings (SSSR count). The number of aromatic nitrogens is 1. The fourth-order valence-corrected chi connectivity index (χ4v) is 2.87. The third-order valence-electron chi connectivity index (χ3n) is 4.38. The summed E-state index contributed by atoms with van der Waals surface area (Å²) < 4.78 is 15.8. The van der Waals surface area contributed by atoms with Gasteiger partial charge in [-0.15, -0.1) is 0 Å². The number of ether oxygens (including phenoxy) is 3. The van der Waals surface area contributed by atoms with E-state index in [-0.39, 0.29) is 25.0 Å². The Morgan fingerprint density at radius 2 is 2.14 bits per heavy atom. The molecule has 1 fully saturated rings. The fraction of sp³-hybridized carbons (Fsp3) is 0.316. The van der Waals surface area contributed by atoms with E-state index in [4.69, 9.17) is 20.6 Å². The second kappa shape index (κ2) is 9.00. The zero-order valence-electron chi connectivity index (χ0n) is 15.9. The zero-order valence-corrected chi connectivity index (χ0v) is 15.9. The van der Waals surface area contributed by atoms with Crippen molar-refractivity contribution < 1.29 is 23.8 Å². The van der Waals surface area contributed by atoms with Gasteiger partial charge in [-0.3, -0.25) is 15.1 Å². The maximum atomic E-state index is 12.2. The Bertz CT molecular complexity index is 879. The number of carbonyl (C=O) groups is 2. The van der Waals surface area contributed by atoms with Gasteiger partial charge in [-0.1, -0.05) is 12.1 Å². The number of esters is 1. The number of anilines is 1. The van der Waals surface area contributed by atoms with Gasteiger partial charge in [0, 0.05) is 30.2 Å². The van der Waals surface area contributed by atoms with Crippen LogP contribution in [0.3, 0.4) is 0 Å². The Kier molecular flexibility index (Phi) is 6.22. The number of H-pyrrole nitrogens is 1. The van der Waals surface area contributed by atoms with Crippen LogP contribution in [-0.2, 0) is 27.2 Å². The third kappa shape index (κ3) is 5.18. The first-order chi connectivity index (χ1) is 14.0. The van der Waals surface area contributed by atoms with Crippen LogP contribution in [-0.4, -0.2) is 49.4 Å². The number of guanidine groups is 1. The molecule has 29 heavy (non-hydrogen) atoms. The molecule has 1 amide bonds. The van der Waals surface area contributed by atoms with Gasteiger partial charge in [-0.25, -0.2) is 4.79 Å². The molecule has 0 spiro atoms. The van der Waals surface area contributed by atoms with E-state index in [0.717, 1.165) is 5.56 Å². The standard InChI is InChI=1S/C19H23N5O5/c1-27-17(25)6-13-8-22-9-16(13)28-11-15-10-24(19(26)29-15)14-4-2-12(3-5-14)7-23-18(20)21/h2-5,8-9,15,22H,6-7,10-11H2,1H3,(H4,20,21,23). The molecular formula is C19H23N5O5. The molecule has 1 saturated heterocycles. The Morgan fingerprint density at radius 1 is 1.38 bits per heavy atom. The normalized spacial score (nSPS) is 15.7. The van der Waals surface area contributed by atoms with Crippen molar-refractivity contribution in [1.29, 1.82) is 5.41 Å². The van der Waals surface area contributed by atoms with Crippen LogP contribution in [0.4, 0.5) is 10.5 Å². The molecule has 1 atom stereocenters. The fourth-order valence-electron chi connectivity index (χ4n) is 2.87. The number of nitrogens with one attached hydrogen (secondary N) is 3. The van der Waals surface area contributed by atoms with Crippen molar-refractivity contribution in [2.75, 3.05) is 25.2 Å². The van der Waals surface area contributed by atoms with Gasteiger partial charge in [-0.2, -0.15) is 0 Å². The Morgan fingerprint density at radius 3 is 2.83 bits per heavy atom. The summed E-state index contributed by atoms with van der Waals surface area (Å²) in [5, 5.41) is 9.90. The SMILES string of the molecule is COC(=O)Cc1c[nH]cc1OCC1CN(c2ccc(CNC(=N)N)cc2)C(=O)O1. The largest absolute Gasteiger partial charge is 0.488 e. The second-order valence-electron chi connectivity index (χ2n) is 6.46. The number of amides is 1. The Balaban J connectivity index is 1.55. The number of benzene rings is 1. The molecule has 1 aliphatic heterocycles. The monoisotopic (exact) mass is 401 g/mol. The van der Waals surface area contributed by atoms with Gasteiger partial charge in [0.15, 0.2) is 12.1 Å². The second-order valence-corrected chi connectivity index (χ2v) is 6.46. The number of aromatic amines is 1. The predicted octanol–water partition coefficient (Wildman–Crippen LogP) is 1.12. The molecule has 5 N–H and O–H groups in total. The number of methoxy groups -OCH3 is 1. The first-order valence-electron chi connectivity index (χ1n) is 8.96. The molecule has 1 aromatic heterocycles. The molecular weight excluding hydrogens is 378 g/mol. The highest BCUT2D eigenvalue weighted by Crippen LogP contribution is 2.24. The van der Waals surface area contributed by atoms with Crippen LogP contribution in [0.1, 0.15) is 11.1 Å². The van der Waals surface area contributed by atoms with E-state index in [1.807, 2.05) is 24.3 Å². The molecule has 2 heterocycles. The molecule has 0 radical (unpaired) electrons. The van der Waals surface area contributed by atoms with Gasteiger partial charge in [0.05, 0.1) is 20.1 Å². The summed E-state index contributed by atoms with van der Waals surface area (Å²) in [7, 11) is 1.33. The number of cyclic esters (lactones) is 1. The number of hydrogen-bond acceptors (Lipinski definition) is 6. The van der Waals surface area contributed by atoms with Gasteiger partial charge in [0.1, 0.15) is 12.4 Å². The molecule has 0 aliphatic carbocycles. The van der Waals surface area contributed by atoms with E-state index < -0.39 is 12.2 Å². The summed E-state index contributed by atoms with van der Waals surface area (Å²) in [6.45, 7) is 0.941. The van der Waals surface area contributed by atoms with Crippen LogP contribution < -0.4 is 20.7 Å². The number of rotatable bonds is 8. The van der Waals surface area contributed by atoms with Crippen molar-refractivity contribution in [3.8, 4) is 5.75 Å². The quantitative estimate of drug-likeness (QED) is 0.295. The number of nitrogens with zero attached hydrogens (tertiary/aromatic N) is 1. The number of nitrogens with two attached hydrogens (primary N) is 1. The van der Waals surface area contributed by atoms with Gasteiger partial charge in [0.25, 0.3) is 0 Å². The van der Waals surface area contributed by atoms with Crippen LogP contribution in [0, 0.1) is 5.41 Å². The summed E-state index contributed by atoms with van der Waals surface area (Å²) >= 11 is 0. The van der Waals surface area contributed by atoms with E-state index in [9.17, 15) is 9.59 Å². The van der Waals surface area contributed by atoms with Crippen LogP contribution in [0.15, 0.2) is 36.7 Å². The number of hydrogen-bond donors (Lipinski definition) is 4. The molecule has 0 bridgehead atoms. The average molecular weight is 401 g/mol. The summed E-state index contributed by atoms with van der Waals surface area (Å²) in [4.78, 5) is 28.1. The van der Waals surface area contributed by atoms with E-state index in [1.54, 1.807) is 12.4 Å². The highest BCUT2D eigenvalue weighted by molar-refractivity contribution is 5.89. The van der Waals surface area contributed by atoms with E-state index in [0.29, 0.717) is 30.1 Å². The lowest BCUT2D eigenvalue weighted by Crippen LogP contribution is -2.29. The van der Waals surface area contributed by atoms with Crippen LogP contribution in [0.5, 0.6) is 5.75 Å². The maximum Gasteiger partial charge on any atom is 0.414 e. The summed E-state index contributed by atoms with van der Waals surface area (Å²) in [5.41, 5.74) is 7.58. The minimum atomic E-state index is -0.447. The van der Waals surface area contributed by atoms with Crippen molar-refractivity contribution in [1.82, 2.24) is 10.3 Å². The van der Waals surface area contributed by atoms with Crippen LogP contribution >= 0.6 is 0 Å². The molecule has 1 unspecified atom stereocenters. The van der Waals surface area contributed by atoms with Crippen molar-refractivity contribution >= 4 is 23.7 Å². The Hall–Kier alpha value is -3.69. The molecule has 1 aliphatic rings. The van der Waals surface area contributed by atoms with Crippen molar-refractivity contribution in [3.05, 3.63) is 47.8 Å². The molecule has 10 nitrogen and oxygen atoms in total. The van der Waals surface area contributed by atoms with Crippen molar-refractivity contribution in [3.63, 3.8) is 0 Å². The zero-order chi connectivity index (χ0) is 20.8. The van der Waals surface area contributed by atoms with Crippen LogP contribution in [0.25, 0.3) is 0 Å². The molecule has 0 saturated carbocycles. The van der Waals surface area contributed by atoms with Crippen molar-refractivity contribution in [2.24, 2.45) is 5.73 Å². The summed E-state index contributed by atoms with van der Waals surface area (Å²) in [6, 6.07) is 7.31. The minimum absolute atomic E-state index is 0.0940. The molecule has 154 valence electrons.